The molecular weight excluding hydrogens is 248 g/mol. The Bertz CT molecular complexity index is 465. The maximum absolute atomic E-state index is 11.7. The van der Waals surface area contributed by atoms with Gasteiger partial charge in [-0.15, -0.1) is 0 Å². The van der Waals surface area contributed by atoms with E-state index in [1.165, 1.54) is 17.3 Å². The highest BCUT2D eigenvalue weighted by Gasteiger charge is 2.19. The van der Waals surface area contributed by atoms with Gasteiger partial charge in [0.1, 0.15) is 11.4 Å². The Labute approximate surface area is 111 Å². The van der Waals surface area contributed by atoms with Crippen LogP contribution in [0.25, 0.3) is 0 Å². The summed E-state index contributed by atoms with van der Waals surface area (Å²) < 4.78 is 5.16. The maximum Gasteiger partial charge on any atom is 0.359 e. The van der Waals surface area contributed by atoms with E-state index in [0.717, 1.165) is 0 Å². The SMILES string of the molecule is CN(CC(N)=O)c1cnc(C(=O)OC(C)(C)C)cn1. The van der Waals surface area contributed by atoms with Crippen molar-refractivity contribution >= 4 is 17.7 Å². The van der Waals surface area contributed by atoms with Crippen molar-refractivity contribution in [3.05, 3.63) is 18.1 Å². The zero-order valence-electron chi connectivity index (χ0n) is 11.5. The Hall–Kier alpha value is -2.18. The van der Waals surface area contributed by atoms with Gasteiger partial charge in [-0.25, -0.2) is 14.8 Å². The number of likely N-dealkylation sites (N-methyl/N-ethyl adjacent to an activating group) is 1. The van der Waals surface area contributed by atoms with Crippen LogP contribution in [0.2, 0.25) is 0 Å². The van der Waals surface area contributed by atoms with Crippen molar-refractivity contribution in [3.8, 4) is 0 Å². The van der Waals surface area contributed by atoms with Gasteiger partial charge in [-0.05, 0) is 20.8 Å². The van der Waals surface area contributed by atoms with Gasteiger partial charge in [-0.3, -0.25) is 4.79 Å². The highest BCUT2D eigenvalue weighted by atomic mass is 16.6. The molecule has 1 amide bonds. The Morgan fingerprint density at radius 1 is 1.32 bits per heavy atom. The number of anilines is 1. The average molecular weight is 266 g/mol. The van der Waals surface area contributed by atoms with Crippen LogP contribution >= 0.6 is 0 Å². The van der Waals surface area contributed by atoms with Crippen LogP contribution in [0.4, 0.5) is 5.82 Å². The van der Waals surface area contributed by atoms with Crippen molar-refractivity contribution in [2.24, 2.45) is 5.73 Å². The van der Waals surface area contributed by atoms with Crippen LogP contribution in [-0.2, 0) is 9.53 Å². The molecule has 0 spiro atoms. The topological polar surface area (TPSA) is 98.4 Å². The lowest BCUT2D eigenvalue weighted by Gasteiger charge is -2.19. The first-order valence-corrected chi connectivity index (χ1v) is 5.74. The third kappa shape index (κ3) is 4.90. The molecule has 7 heteroatoms. The number of rotatable bonds is 4. The summed E-state index contributed by atoms with van der Waals surface area (Å²) in [5, 5.41) is 0. The van der Waals surface area contributed by atoms with E-state index in [0.29, 0.717) is 5.82 Å². The molecule has 0 saturated heterocycles. The fourth-order valence-corrected chi connectivity index (χ4v) is 1.27. The third-order valence-corrected chi connectivity index (χ3v) is 2.03. The summed E-state index contributed by atoms with van der Waals surface area (Å²) >= 11 is 0. The summed E-state index contributed by atoms with van der Waals surface area (Å²) in [6, 6.07) is 0. The van der Waals surface area contributed by atoms with Crippen LogP contribution in [0, 0.1) is 0 Å². The van der Waals surface area contributed by atoms with Crippen LogP contribution < -0.4 is 10.6 Å². The lowest BCUT2D eigenvalue weighted by atomic mass is 10.2. The number of hydrogen-bond donors (Lipinski definition) is 1. The predicted octanol–water partition coefficient (Wildman–Crippen LogP) is 0.353. The minimum Gasteiger partial charge on any atom is -0.455 e. The lowest BCUT2D eigenvalue weighted by Crippen LogP contribution is -2.31. The van der Waals surface area contributed by atoms with Gasteiger partial charge in [0.15, 0.2) is 5.69 Å². The largest absolute Gasteiger partial charge is 0.455 e. The second-order valence-corrected chi connectivity index (χ2v) is 5.08. The molecule has 0 atom stereocenters. The number of carbonyl (C=O) groups excluding carboxylic acids is 2. The monoisotopic (exact) mass is 266 g/mol. The Balaban J connectivity index is 2.76. The van der Waals surface area contributed by atoms with Crippen molar-refractivity contribution in [1.29, 1.82) is 0 Å². The van der Waals surface area contributed by atoms with Gasteiger partial charge in [0, 0.05) is 7.05 Å². The van der Waals surface area contributed by atoms with E-state index in [9.17, 15) is 9.59 Å². The molecule has 1 aromatic rings. The van der Waals surface area contributed by atoms with E-state index < -0.39 is 17.5 Å². The number of carbonyl (C=O) groups is 2. The zero-order valence-corrected chi connectivity index (χ0v) is 11.5. The molecule has 0 aliphatic rings. The quantitative estimate of drug-likeness (QED) is 0.790. The molecule has 2 N–H and O–H groups in total. The number of nitrogens with zero attached hydrogens (tertiary/aromatic N) is 3. The summed E-state index contributed by atoms with van der Waals surface area (Å²) in [6.45, 7) is 5.34. The zero-order chi connectivity index (χ0) is 14.6. The first-order valence-electron chi connectivity index (χ1n) is 5.74. The fourth-order valence-electron chi connectivity index (χ4n) is 1.27. The number of aromatic nitrogens is 2. The molecule has 1 rings (SSSR count). The number of primary amides is 1. The molecule has 0 bridgehead atoms. The van der Waals surface area contributed by atoms with E-state index >= 15 is 0 Å². The molecule has 0 saturated carbocycles. The van der Waals surface area contributed by atoms with Gasteiger partial charge in [-0.2, -0.15) is 0 Å². The second kappa shape index (κ2) is 5.64. The van der Waals surface area contributed by atoms with Gasteiger partial charge in [0.2, 0.25) is 5.91 Å². The molecule has 0 radical (unpaired) electrons. The molecule has 0 aliphatic heterocycles. The minimum atomic E-state index is -0.583. The molecule has 0 aliphatic carbocycles. The number of ether oxygens (including phenoxy) is 1. The number of hydrogen-bond acceptors (Lipinski definition) is 6. The number of nitrogens with two attached hydrogens (primary N) is 1. The van der Waals surface area contributed by atoms with Crippen LogP contribution in [0.15, 0.2) is 12.4 Å². The van der Waals surface area contributed by atoms with Gasteiger partial charge < -0.3 is 15.4 Å². The van der Waals surface area contributed by atoms with Gasteiger partial charge >= 0.3 is 5.97 Å². The molecule has 19 heavy (non-hydrogen) atoms. The number of amides is 1. The van der Waals surface area contributed by atoms with Crippen molar-refractivity contribution < 1.29 is 14.3 Å². The van der Waals surface area contributed by atoms with E-state index in [1.807, 2.05) is 0 Å². The van der Waals surface area contributed by atoms with Crippen LogP contribution in [0.3, 0.4) is 0 Å². The van der Waals surface area contributed by atoms with Crippen LogP contribution in [-0.4, -0.2) is 41.0 Å². The smallest absolute Gasteiger partial charge is 0.359 e. The molecule has 104 valence electrons. The first-order chi connectivity index (χ1) is 8.69. The summed E-state index contributed by atoms with van der Waals surface area (Å²) in [7, 11) is 1.65. The molecule has 0 unspecified atom stereocenters. The van der Waals surface area contributed by atoms with E-state index in [2.05, 4.69) is 9.97 Å². The number of esters is 1. The average Bonchev–Trinajstić information content (AvgIpc) is 2.26. The van der Waals surface area contributed by atoms with Gasteiger partial charge in [0.05, 0.1) is 18.9 Å². The molecule has 7 nitrogen and oxygen atoms in total. The molecule has 0 aromatic carbocycles. The van der Waals surface area contributed by atoms with Crippen molar-refractivity contribution in [1.82, 2.24) is 9.97 Å². The molecular formula is C12H18N4O3. The first kappa shape index (κ1) is 14.9. The predicted molar refractivity (Wildman–Crippen MR) is 69.7 cm³/mol. The summed E-state index contributed by atoms with van der Waals surface area (Å²) in [5.41, 5.74) is 4.61. The Morgan fingerprint density at radius 3 is 2.37 bits per heavy atom. The van der Waals surface area contributed by atoms with Crippen molar-refractivity contribution in [3.63, 3.8) is 0 Å². The van der Waals surface area contributed by atoms with E-state index in [4.69, 9.17) is 10.5 Å². The summed E-state index contributed by atoms with van der Waals surface area (Å²) in [6.07, 6.45) is 2.70. The van der Waals surface area contributed by atoms with E-state index in [1.54, 1.807) is 27.8 Å². The Morgan fingerprint density at radius 2 is 1.95 bits per heavy atom. The van der Waals surface area contributed by atoms with E-state index in [-0.39, 0.29) is 12.2 Å². The molecule has 1 heterocycles. The standard InChI is InChI=1S/C12H18N4O3/c1-12(2,3)19-11(18)8-5-15-10(6-14-8)16(4)7-9(13)17/h5-6H,7H2,1-4H3,(H2,13,17). The fraction of sp³-hybridized carbons (Fsp3) is 0.500. The normalized spacial score (nSPS) is 10.9. The van der Waals surface area contributed by atoms with Gasteiger partial charge in [-0.1, -0.05) is 0 Å². The molecule has 1 aromatic heterocycles. The van der Waals surface area contributed by atoms with Crippen molar-refractivity contribution in [2.75, 3.05) is 18.5 Å². The highest BCUT2D eigenvalue weighted by Crippen LogP contribution is 2.12. The maximum atomic E-state index is 11.7. The van der Waals surface area contributed by atoms with Gasteiger partial charge in [0.25, 0.3) is 0 Å². The van der Waals surface area contributed by atoms with Crippen LogP contribution in [0.5, 0.6) is 0 Å². The highest BCUT2D eigenvalue weighted by molar-refractivity contribution is 5.87. The summed E-state index contributed by atoms with van der Waals surface area (Å²) in [5.74, 6) is -0.560. The second-order valence-electron chi connectivity index (χ2n) is 5.08. The summed E-state index contributed by atoms with van der Waals surface area (Å²) in [4.78, 5) is 32.0. The lowest BCUT2D eigenvalue weighted by molar-refractivity contribution is -0.116. The third-order valence-electron chi connectivity index (χ3n) is 2.03. The minimum absolute atomic E-state index is 0.0282. The molecule has 0 fully saturated rings. The Kier molecular flexibility index (Phi) is 4.42. The van der Waals surface area contributed by atoms with Crippen molar-refractivity contribution in [2.45, 2.75) is 26.4 Å². The van der Waals surface area contributed by atoms with Crippen LogP contribution in [0.1, 0.15) is 31.3 Å².